The molecule has 80 valence electrons. The molecule has 1 fully saturated rings. The van der Waals surface area contributed by atoms with Crippen molar-refractivity contribution < 1.29 is 13.6 Å². The highest BCUT2D eigenvalue weighted by Gasteiger charge is 2.31. The van der Waals surface area contributed by atoms with Crippen LogP contribution in [-0.4, -0.2) is 23.9 Å². The number of hydrogen-bond donors (Lipinski definition) is 0. The van der Waals surface area contributed by atoms with Crippen molar-refractivity contribution in [3.63, 3.8) is 0 Å². The van der Waals surface area contributed by atoms with Crippen molar-refractivity contribution in [2.24, 2.45) is 0 Å². The molecule has 0 saturated heterocycles. The summed E-state index contributed by atoms with van der Waals surface area (Å²) in [4.78, 5) is 13.2. The van der Waals surface area contributed by atoms with Gasteiger partial charge in [-0.05, 0) is 25.0 Å². The first-order chi connectivity index (χ1) is 7.11. The number of hydrogen-bond acceptors (Lipinski definition) is 1. The molecule has 0 unspecified atom stereocenters. The summed E-state index contributed by atoms with van der Waals surface area (Å²) in [5.41, 5.74) is -0.190. The lowest BCUT2D eigenvalue weighted by molar-refractivity contribution is 0.0779. The molecule has 1 aliphatic carbocycles. The average Bonchev–Trinajstić information content (AvgIpc) is 3.03. The number of carbonyl (C=O) groups is 1. The van der Waals surface area contributed by atoms with Crippen LogP contribution in [0.5, 0.6) is 0 Å². The minimum Gasteiger partial charge on any atom is -0.339 e. The van der Waals surface area contributed by atoms with E-state index in [4.69, 9.17) is 0 Å². The monoisotopic (exact) mass is 211 g/mol. The maximum absolute atomic E-state index is 13.3. The smallest absolute Gasteiger partial charge is 0.256 e. The van der Waals surface area contributed by atoms with Gasteiger partial charge >= 0.3 is 0 Å². The van der Waals surface area contributed by atoms with Crippen LogP contribution in [0.2, 0.25) is 0 Å². The van der Waals surface area contributed by atoms with E-state index < -0.39 is 17.5 Å². The minimum atomic E-state index is -1.06. The van der Waals surface area contributed by atoms with E-state index in [1.165, 1.54) is 17.0 Å². The molecule has 4 heteroatoms. The molecular weight excluding hydrogens is 200 g/mol. The highest BCUT2D eigenvalue weighted by Crippen LogP contribution is 2.27. The Hall–Kier alpha value is -1.45. The fraction of sp³-hybridized carbons (Fsp3) is 0.364. The minimum absolute atomic E-state index is 0.190. The van der Waals surface area contributed by atoms with Crippen LogP contribution in [-0.2, 0) is 0 Å². The van der Waals surface area contributed by atoms with Crippen LogP contribution in [0.4, 0.5) is 8.78 Å². The second kappa shape index (κ2) is 3.61. The van der Waals surface area contributed by atoms with Crippen LogP contribution >= 0.6 is 0 Å². The van der Waals surface area contributed by atoms with Gasteiger partial charge in [-0.2, -0.15) is 0 Å². The quantitative estimate of drug-likeness (QED) is 0.734. The fourth-order valence-corrected chi connectivity index (χ4v) is 1.49. The van der Waals surface area contributed by atoms with Crippen LogP contribution < -0.4 is 0 Å². The maximum Gasteiger partial charge on any atom is 0.256 e. The van der Waals surface area contributed by atoms with Crippen molar-refractivity contribution in [1.82, 2.24) is 4.90 Å². The molecule has 0 bridgehead atoms. The first-order valence-corrected chi connectivity index (χ1v) is 4.82. The summed E-state index contributed by atoms with van der Waals surface area (Å²) >= 11 is 0. The zero-order valence-corrected chi connectivity index (χ0v) is 8.34. The Balaban J connectivity index is 2.28. The molecule has 2 nitrogen and oxygen atoms in total. The standard InChI is InChI=1S/C11H11F2NO/c1-14(7-5-6-7)11(15)8-3-2-4-9(12)10(8)13/h2-4,7H,5-6H2,1H3. The summed E-state index contributed by atoms with van der Waals surface area (Å²) in [6.07, 6.45) is 1.89. The fourth-order valence-electron chi connectivity index (χ4n) is 1.49. The number of rotatable bonds is 2. The Bertz CT molecular complexity index is 402. The highest BCUT2D eigenvalue weighted by molar-refractivity contribution is 5.94. The van der Waals surface area contributed by atoms with Crippen molar-refractivity contribution in [3.05, 3.63) is 35.4 Å². The van der Waals surface area contributed by atoms with E-state index in [1.54, 1.807) is 7.05 Å². The second-order valence-electron chi connectivity index (χ2n) is 3.75. The average molecular weight is 211 g/mol. The van der Waals surface area contributed by atoms with Crippen molar-refractivity contribution in [3.8, 4) is 0 Å². The predicted molar refractivity (Wildman–Crippen MR) is 51.5 cm³/mol. The van der Waals surface area contributed by atoms with Crippen LogP contribution in [0.25, 0.3) is 0 Å². The van der Waals surface area contributed by atoms with E-state index in [1.807, 2.05) is 0 Å². The van der Waals surface area contributed by atoms with Crippen molar-refractivity contribution in [2.75, 3.05) is 7.05 Å². The zero-order chi connectivity index (χ0) is 11.0. The van der Waals surface area contributed by atoms with E-state index in [0.29, 0.717) is 0 Å². The summed E-state index contributed by atoms with van der Waals surface area (Å²) in [6, 6.07) is 3.84. The van der Waals surface area contributed by atoms with Gasteiger partial charge in [0.25, 0.3) is 5.91 Å². The molecule has 0 spiro atoms. The molecule has 0 heterocycles. The van der Waals surface area contributed by atoms with E-state index in [0.717, 1.165) is 18.9 Å². The van der Waals surface area contributed by atoms with Gasteiger partial charge in [-0.25, -0.2) is 8.78 Å². The molecule has 0 N–H and O–H groups in total. The Morgan fingerprint density at radius 2 is 2.07 bits per heavy atom. The molecule has 0 radical (unpaired) electrons. The number of nitrogens with zero attached hydrogens (tertiary/aromatic N) is 1. The van der Waals surface area contributed by atoms with Gasteiger partial charge in [0.05, 0.1) is 5.56 Å². The summed E-state index contributed by atoms with van der Waals surface area (Å²) in [6.45, 7) is 0. The third kappa shape index (κ3) is 1.84. The Morgan fingerprint density at radius 1 is 1.40 bits per heavy atom. The third-order valence-electron chi connectivity index (χ3n) is 2.60. The number of carbonyl (C=O) groups excluding carboxylic acids is 1. The lowest BCUT2D eigenvalue weighted by Crippen LogP contribution is -2.29. The van der Waals surface area contributed by atoms with Gasteiger partial charge in [-0.15, -0.1) is 0 Å². The van der Waals surface area contributed by atoms with Crippen LogP contribution in [0.1, 0.15) is 23.2 Å². The Morgan fingerprint density at radius 3 is 2.67 bits per heavy atom. The predicted octanol–water partition coefficient (Wildman–Crippen LogP) is 2.20. The Kier molecular flexibility index (Phi) is 2.42. The van der Waals surface area contributed by atoms with Gasteiger partial charge in [0, 0.05) is 13.1 Å². The molecule has 1 aromatic carbocycles. The van der Waals surface area contributed by atoms with E-state index >= 15 is 0 Å². The number of halogens is 2. The first kappa shape index (κ1) is 10.1. The molecule has 1 saturated carbocycles. The van der Waals surface area contributed by atoms with Crippen molar-refractivity contribution in [2.45, 2.75) is 18.9 Å². The van der Waals surface area contributed by atoms with E-state index in [-0.39, 0.29) is 11.6 Å². The van der Waals surface area contributed by atoms with Gasteiger partial charge in [0.15, 0.2) is 11.6 Å². The van der Waals surface area contributed by atoms with Gasteiger partial charge in [0.1, 0.15) is 0 Å². The normalized spacial score (nSPS) is 15.1. The maximum atomic E-state index is 13.3. The summed E-state index contributed by atoms with van der Waals surface area (Å²) < 4.78 is 26.1. The summed E-state index contributed by atoms with van der Waals surface area (Å²) in [5, 5.41) is 0. The summed E-state index contributed by atoms with van der Waals surface area (Å²) in [7, 11) is 1.62. The van der Waals surface area contributed by atoms with Gasteiger partial charge in [-0.3, -0.25) is 4.79 Å². The van der Waals surface area contributed by atoms with Crippen LogP contribution in [0.15, 0.2) is 18.2 Å². The van der Waals surface area contributed by atoms with E-state index in [9.17, 15) is 13.6 Å². The molecule has 1 aromatic rings. The Labute approximate surface area is 86.5 Å². The molecule has 1 aliphatic rings. The molecule has 1 amide bonds. The van der Waals surface area contributed by atoms with Gasteiger partial charge in [0.2, 0.25) is 0 Å². The SMILES string of the molecule is CN(C(=O)c1cccc(F)c1F)C1CC1. The van der Waals surface area contributed by atoms with Crippen LogP contribution in [0, 0.1) is 11.6 Å². The largest absolute Gasteiger partial charge is 0.339 e. The second-order valence-corrected chi connectivity index (χ2v) is 3.75. The lowest BCUT2D eigenvalue weighted by Gasteiger charge is -2.16. The van der Waals surface area contributed by atoms with Gasteiger partial charge < -0.3 is 4.90 Å². The molecule has 0 aromatic heterocycles. The first-order valence-electron chi connectivity index (χ1n) is 4.82. The third-order valence-corrected chi connectivity index (χ3v) is 2.60. The highest BCUT2D eigenvalue weighted by atomic mass is 19.2. The van der Waals surface area contributed by atoms with Crippen LogP contribution in [0.3, 0.4) is 0 Å². The van der Waals surface area contributed by atoms with Crippen molar-refractivity contribution in [1.29, 1.82) is 0 Å². The summed E-state index contributed by atoms with van der Waals surface area (Å²) in [5.74, 6) is -2.49. The van der Waals surface area contributed by atoms with Gasteiger partial charge in [-0.1, -0.05) is 6.07 Å². The van der Waals surface area contributed by atoms with Crippen molar-refractivity contribution >= 4 is 5.91 Å². The number of amides is 1. The zero-order valence-electron chi connectivity index (χ0n) is 8.34. The topological polar surface area (TPSA) is 20.3 Å². The number of benzene rings is 1. The molecule has 0 atom stereocenters. The molecule has 15 heavy (non-hydrogen) atoms. The molecule has 0 aliphatic heterocycles. The van der Waals surface area contributed by atoms with E-state index in [2.05, 4.69) is 0 Å². The molecule has 2 rings (SSSR count). The molecular formula is C11H11F2NO. The lowest BCUT2D eigenvalue weighted by atomic mass is 10.2.